The summed E-state index contributed by atoms with van der Waals surface area (Å²) in [7, 11) is 0. The highest BCUT2D eigenvalue weighted by Gasteiger charge is 2.29. The summed E-state index contributed by atoms with van der Waals surface area (Å²) in [6, 6.07) is 16.3. The molecule has 0 spiro atoms. The van der Waals surface area contributed by atoms with E-state index in [0.29, 0.717) is 40.7 Å². The molecule has 4 aromatic rings. The molecule has 1 saturated carbocycles. The average molecular weight is 629 g/mol. The Bertz CT molecular complexity index is 1670. The van der Waals surface area contributed by atoms with E-state index in [-0.39, 0.29) is 29.7 Å². The number of anilines is 1. The van der Waals surface area contributed by atoms with Crippen LogP contribution < -0.4 is 21.7 Å². The first-order chi connectivity index (χ1) is 21.6. The summed E-state index contributed by atoms with van der Waals surface area (Å²) in [6.07, 6.45) is 5.30. The number of nitrogens with two attached hydrogens (primary N) is 1. The van der Waals surface area contributed by atoms with Crippen LogP contribution in [0.3, 0.4) is 0 Å². The van der Waals surface area contributed by atoms with E-state index in [1.54, 1.807) is 18.3 Å². The number of nitrogens with one attached hydrogen (secondary N) is 4. The van der Waals surface area contributed by atoms with Gasteiger partial charge in [0.25, 0.3) is 5.91 Å². The van der Waals surface area contributed by atoms with E-state index in [1.165, 1.54) is 0 Å². The Morgan fingerprint density at radius 3 is 2.40 bits per heavy atom. The second kappa shape index (κ2) is 14.3. The zero-order valence-corrected chi connectivity index (χ0v) is 26.7. The molecule has 1 aliphatic carbocycles. The van der Waals surface area contributed by atoms with Crippen molar-refractivity contribution in [1.29, 1.82) is 0 Å². The van der Waals surface area contributed by atoms with E-state index in [9.17, 15) is 14.4 Å². The Kier molecular flexibility index (Phi) is 10.2. The molecule has 0 aliphatic heterocycles. The van der Waals surface area contributed by atoms with Crippen molar-refractivity contribution in [1.82, 2.24) is 20.8 Å². The minimum atomic E-state index is -0.799. The van der Waals surface area contributed by atoms with Crippen LogP contribution in [0.5, 0.6) is 0 Å². The Morgan fingerprint density at radius 1 is 1.00 bits per heavy atom. The van der Waals surface area contributed by atoms with E-state index in [2.05, 4.69) is 26.1 Å². The normalized spacial score (nSPS) is 17.2. The third-order valence-electron chi connectivity index (χ3n) is 8.57. The van der Waals surface area contributed by atoms with Gasteiger partial charge in [0.05, 0.1) is 16.7 Å². The third-order valence-corrected chi connectivity index (χ3v) is 8.89. The first kappa shape index (κ1) is 32.2. The van der Waals surface area contributed by atoms with Crippen molar-refractivity contribution in [2.45, 2.75) is 65.0 Å². The summed E-state index contributed by atoms with van der Waals surface area (Å²) in [6.45, 7) is 6.49. The van der Waals surface area contributed by atoms with Gasteiger partial charge in [0.1, 0.15) is 6.04 Å². The highest BCUT2D eigenvalue weighted by molar-refractivity contribution is 6.35. The molecule has 236 valence electrons. The number of hydrogen-bond acceptors (Lipinski definition) is 5. The van der Waals surface area contributed by atoms with Gasteiger partial charge in [0.2, 0.25) is 11.8 Å². The molecule has 10 heteroatoms. The lowest BCUT2D eigenvalue weighted by Gasteiger charge is -2.28. The molecule has 5 rings (SSSR count). The monoisotopic (exact) mass is 628 g/mol. The standard InChI is InChI=1S/C35H41ClN6O3/c1-20(2)39-34(44)26-12-13-28(21(3)14-26)24-8-4-22(5-9-24)15-32(41-33(43)25-10-6-23(18-37)7-11-25)35(45)40-27-16-30(36)29-19-38-42-31(29)17-27/h4-5,8-9,12-14,16-17,19-20,23,25,32H,6-7,10-11,15,18,37H2,1-3H3,(H,38,42)(H,39,44)(H,40,45)(H,41,43)/t23?,25?,32-/m0/s1. The average Bonchev–Trinajstić information content (AvgIpc) is 3.50. The quantitative estimate of drug-likeness (QED) is 0.152. The van der Waals surface area contributed by atoms with Crippen molar-refractivity contribution in [3.05, 3.63) is 82.5 Å². The van der Waals surface area contributed by atoms with Gasteiger partial charge in [-0.1, -0.05) is 41.9 Å². The molecule has 0 saturated heterocycles. The molecule has 6 N–H and O–H groups in total. The molecule has 9 nitrogen and oxygen atoms in total. The zero-order chi connectivity index (χ0) is 32.1. The number of amides is 3. The number of aryl methyl sites for hydroxylation is 1. The fraction of sp³-hybridized carbons (Fsp3) is 0.371. The van der Waals surface area contributed by atoms with Gasteiger partial charge >= 0.3 is 0 Å². The number of benzene rings is 3. The van der Waals surface area contributed by atoms with E-state index in [4.69, 9.17) is 17.3 Å². The lowest BCUT2D eigenvalue weighted by Crippen LogP contribution is -2.48. The van der Waals surface area contributed by atoms with Crippen molar-refractivity contribution < 1.29 is 14.4 Å². The molecule has 1 fully saturated rings. The Morgan fingerprint density at radius 2 is 1.73 bits per heavy atom. The van der Waals surface area contributed by atoms with Gasteiger partial charge in [0, 0.05) is 35.0 Å². The first-order valence-corrected chi connectivity index (χ1v) is 15.9. The van der Waals surface area contributed by atoms with E-state index >= 15 is 0 Å². The minimum Gasteiger partial charge on any atom is -0.350 e. The molecular weight excluding hydrogens is 588 g/mol. The Balaban J connectivity index is 1.33. The van der Waals surface area contributed by atoms with Gasteiger partial charge in [-0.05, 0) is 105 Å². The lowest BCUT2D eigenvalue weighted by atomic mass is 9.81. The minimum absolute atomic E-state index is 0.0599. The van der Waals surface area contributed by atoms with Crippen LogP contribution >= 0.6 is 11.6 Å². The number of H-pyrrole nitrogens is 1. The van der Waals surface area contributed by atoms with Crippen LogP contribution in [0.25, 0.3) is 22.0 Å². The molecule has 3 aromatic carbocycles. The van der Waals surface area contributed by atoms with Crippen LogP contribution in [0.2, 0.25) is 5.02 Å². The Labute approximate surface area is 268 Å². The SMILES string of the molecule is Cc1cc(C(=O)NC(C)C)ccc1-c1ccc(C[C@H](NC(=O)C2CCC(CN)CC2)C(=O)Nc2cc(Cl)c3cn[nH]c3c2)cc1. The molecule has 1 heterocycles. The van der Waals surface area contributed by atoms with Gasteiger partial charge in [0.15, 0.2) is 0 Å². The predicted octanol–water partition coefficient (Wildman–Crippen LogP) is 5.76. The number of halogens is 1. The molecule has 45 heavy (non-hydrogen) atoms. The summed E-state index contributed by atoms with van der Waals surface area (Å²) in [5.74, 6) is -0.230. The maximum absolute atomic E-state index is 13.7. The van der Waals surface area contributed by atoms with Gasteiger partial charge in [-0.3, -0.25) is 19.5 Å². The van der Waals surface area contributed by atoms with Gasteiger partial charge < -0.3 is 21.7 Å². The van der Waals surface area contributed by atoms with Crippen LogP contribution in [0, 0.1) is 18.8 Å². The van der Waals surface area contributed by atoms with Crippen LogP contribution in [-0.4, -0.2) is 46.5 Å². The third kappa shape index (κ3) is 7.90. The number of rotatable bonds is 10. The predicted molar refractivity (Wildman–Crippen MR) is 179 cm³/mol. The van der Waals surface area contributed by atoms with Crippen LogP contribution in [0.4, 0.5) is 5.69 Å². The fourth-order valence-corrected chi connectivity index (χ4v) is 6.27. The molecular formula is C35H41ClN6O3. The maximum Gasteiger partial charge on any atom is 0.251 e. The highest BCUT2D eigenvalue weighted by Crippen LogP contribution is 2.30. The number of hydrogen-bond donors (Lipinski definition) is 5. The molecule has 0 unspecified atom stereocenters. The van der Waals surface area contributed by atoms with Gasteiger partial charge in [-0.15, -0.1) is 0 Å². The topological polar surface area (TPSA) is 142 Å². The Hall–Kier alpha value is -4.21. The lowest BCUT2D eigenvalue weighted by molar-refractivity contribution is -0.130. The number of fused-ring (bicyclic) bond motifs is 1. The van der Waals surface area contributed by atoms with E-state index in [0.717, 1.165) is 53.3 Å². The van der Waals surface area contributed by atoms with Crippen LogP contribution in [0.15, 0.2) is 60.8 Å². The van der Waals surface area contributed by atoms with E-state index < -0.39 is 6.04 Å². The summed E-state index contributed by atoms with van der Waals surface area (Å²) < 4.78 is 0. The number of carbonyl (C=O) groups is 3. The zero-order valence-electron chi connectivity index (χ0n) is 26.0. The molecule has 1 atom stereocenters. The smallest absolute Gasteiger partial charge is 0.251 e. The summed E-state index contributed by atoms with van der Waals surface area (Å²) in [5.41, 5.74) is 11.6. The number of carbonyl (C=O) groups excluding carboxylic acids is 3. The van der Waals surface area contributed by atoms with Crippen molar-refractivity contribution in [3.8, 4) is 11.1 Å². The molecule has 0 radical (unpaired) electrons. The fourth-order valence-electron chi connectivity index (χ4n) is 6.00. The number of aromatic nitrogens is 2. The molecule has 3 amide bonds. The largest absolute Gasteiger partial charge is 0.350 e. The number of aromatic amines is 1. The van der Waals surface area contributed by atoms with Crippen LogP contribution in [0.1, 0.15) is 61.0 Å². The molecule has 0 bridgehead atoms. The summed E-state index contributed by atoms with van der Waals surface area (Å²) in [5, 5.41) is 17.1. The van der Waals surface area contributed by atoms with Crippen molar-refractivity contribution >= 4 is 45.9 Å². The summed E-state index contributed by atoms with van der Waals surface area (Å²) >= 11 is 6.42. The molecule has 1 aliphatic rings. The second-order valence-corrected chi connectivity index (χ2v) is 12.8. The second-order valence-electron chi connectivity index (χ2n) is 12.4. The van der Waals surface area contributed by atoms with Gasteiger partial charge in [-0.2, -0.15) is 5.10 Å². The molecule has 1 aromatic heterocycles. The van der Waals surface area contributed by atoms with Crippen molar-refractivity contribution in [2.24, 2.45) is 17.6 Å². The summed E-state index contributed by atoms with van der Waals surface area (Å²) in [4.78, 5) is 39.5. The first-order valence-electron chi connectivity index (χ1n) is 15.6. The van der Waals surface area contributed by atoms with Crippen molar-refractivity contribution in [2.75, 3.05) is 11.9 Å². The van der Waals surface area contributed by atoms with E-state index in [1.807, 2.05) is 63.2 Å². The highest BCUT2D eigenvalue weighted by atomic mass is 35.5. The van der Waals surface area contributed by atoms with Gasteiger partial charge in [-0.25, -0.2) is 0 Å². The maximum atomic E-state index is 13.7. The number of nitrogens with zero attached hydrogens (tertiary/aromatic N) is 1. The van der Waals surface area contributed by atoms with Crippen molar-refractivity contribution in [3.63, 3.8) is 0 Å². The van der Waals surface area contributed by atoms with Crippen LogP contribution in [-0.2, 0) is 16.0 Å².